The van der Waals surface area contributed by atoms with Crippen LogP contribution in [0.15, 0.2) is 36.8 Å². The van der Waals surface area contributed by atoms with Crippen LogP contribution in [0.25, 0.3) is 0 Å². The van der Waals surface area contributed by atoms with Gasteiger partial charge in [-0.15, -0.1) is 0 Å². The van der Waals surface area contributed by atoms with Gasteiger partial charge in [0.1, 0.15) is 11.9 Å². The number of aromatic amines is 1. The summed E-state index contributed by atoms with van der Waals surface area (Å²) < 4.78 is 6.17. The smallest absolute Gasteiger partial charge is 0.251 e. The van der Waals surface area contributed by atoms with Crippen molar-refractivity contribution in [1.82, 2.24) is 20.2 Å². The molecule has 1 fully saturated rings. The molecule has 1 aromatic carbocycles. The number of likely N-dealkylation sites (tertiary alicyclic amines) is 1. The lowest BCUT2D eigenvalue weighted by molar-refractivity contribution is 0.0808. The molecule has 0 radical (unpaired) electrons. The van der Waals surface area contributed by atoms with Crippen LogP contribution in [0.2, 0.25) is 0 Å². The van der Waals surface area contributed by atoms with Crippen molar-refractivity contribution < 1.29 is 9.53 Å². The highest BCUT2D eigenvalue weighted by molar-refractivity contribution is 5.94. The van der Waals surface area contributed by atoms with E-state index >= 15 is 0 Å². The Morgan fingerprint density at radius 3 is 2.79 bits per heavy atom. The lowest BCUT2D eigenvalue weighted by Gasteiger charge is -2.36. The lowest BCUT2D eigenvalue weighted by Crippen LogP contribution is -2.42. The van der Waals surface area contributed by atoms with Gasteiger partial charge in [-0.1, -0.05) is 26.8 Å². The largest absolute Gasteiger partial charge is 0.490 e. The number of hydrogen-bond acceptors (Lipinski definition) is 4. The van der Waals surface area contributed by atoms with E-state index in [1.54, 1.807) is 12.5 Å². The summed E-state index contributed by atoms with van der Waals surface area (Å²) in [4.78, 5) is 21.9. The topological polar surface area (TPSA) is 70.2 Å². The van der Waals surface area contributed by atoms with Gasteiger partial charge < -0.3 is 19.9 Å². The number of benzene rings is 1. The highest BCUT2D eigenvalue weighted by Gasteiger charge is 2.24. The Balaban J connectivity index is 1.46. The molecule has 2 N–H and O–H groups in total. The van der Waals surface area contributed by atoms with Gasteiger partial charge in [-0.3, -0.25) is 4.79 Å². The van der Waals surface area contributed by atoms with Crippen LogP contribution in [0.4, 0.5) is 0 Å². The lowest BCUT2D eigenvalue weighted by atomic mass is 9.94. The molecule has 1 aliphatic rings. The molecule has 1 aliphatic heterocycles. The molecular weight excluding hydrogens is 352 g/mol. The van der Waals surface area contributed by atoms with E-state index in [0.29, 0.717) is 17.5 Å². The number of nitrogens with one attached hydrogen (secondary N) is 2. The normalized spacial score (nSPS) is 16.1. The Hall–Kier alpha value is -2.34. The van der Waals surface area contributed by atoms with Crippen LogP contribution >= 0.6 is 0 Å². The van der Waals surface area contributed by atoms with Crippen LogP contribution in [0, 0.1) is 5.41 Å². The minimum Gasteiger partial charge on any atom is -0.490 e. The van der Waals surface area contributed by atoms with Crippen LogP contribution in [0.3, 0.4) is 0 Å². The van der Waals surface area contributed by atoms with Gasteiger partial charge in [-0.2, -0.15) is 0 Å². The van der Waals surface area contributed by atoms with Crippen molar-refractivity contribution in [2.24, 2.45) is 5.41 Å². The predicted octanol–water partition coefficient (Wildman–Crippen LogP) is 3.27. The molecule has 0 unspecified atom stereocenters. The first-order valence-electron chi connectivity index (χ1n) is 10.1. The first kappa shape index (κ1) is 20.4. The number of amides is 1. The third-order valence-corrected chi connectivity index (χ3v) is 4.87. The van der Waals surface area contributed by atoms with Crippen molar-refractivity contribution in [1.29, 1.82) is 0 Å². The van der Waals surface area contributed by atoms with E-state index in [-0.39, 0.29) is 12.0 Å². The molecular formula is C22H32N4O2. The summed E-state index contributed by atoms with van der Waals surface area (Å²) >= 11 is 0. The number of carbonyl (C=O) groups excluding carboxylic acids is 1. The highest BCUT2D eigenvalue weighted by Crippen LogP contribution is 2.23. The number of aromatic nitrogens is 2. The second-order valence-corrected chi connectivity index (χ2v) is 8.76. The van der Waals surface area contributed by atoms with Crippen molar-refractivity contribution in [3.8, 4) is 5.75 Å². The zero-order valence-electron chi connectivity index (χ0n) is 17.2. The summed E-state index contributed by atoms with van der Waals surface area (Å²) in [5.41, 5.74) is 1.97. The van der Waals surface area contributed by atoms with Crippen LogP contribution in [-0.4, -0.2) is 53.1 Å². The number of rotatable bonds is 7. The Bertz CT molecular complexity index is 744. The SMILES string of the molecule is CC(C)(C)CN1CCC(Oc2cccc(C(=O)NCCc3cnc[nH]3)c2)CC1. The van der Waals surface area contributed by atoms with E-state index in [9.17, 15) is 4.79 Å². The van der Waals surface area contributed by atoms with Crippen molar-refractivity contribution in [3.63, 3.8) is 0 Å². The van der Waals surface area contributed by atoms with Crippen molar-refractivity contribution in [2.75, 3.05) is 26.2 Å². The van der Waals surface area contributed by atoms with E-state index in [2.05, 4.69) is 41.0 Å². The minimum atomic E-state index is -0.0787. The molecule has 6 nitrogen and oxygen atoms in total. The fourth-order valence-corrected chi connectivity index (χ4v) is 3.59. The van der Waals surface area contributed by atoms with E-state index < -0.39 is 0 Å². The zero-order valence-corrected chi connectivity index (χ0v) is 17.2. The van der Waals surface area contributed by atoms with Gasteiger partial charge in [-0.25, -0.2) is 4.98 Å². The van der Waals surface area contributed by atoms with Gasteiger partial charge in [0.05, 0.1) is 6.33 Å². The molecule has 0 spiro atoms. The van der Waals surface area contributed by atoms with Crippen LogP contribution in [0.5, 0.6) is 5.75 Å². The van der Waals surface area contributed by atoms with Crippen molar-refractivity contribution >= 4 is 5.91 Å². The van der Waals surface area contributed by atoms with Crippen molar-refractivity contribution in [3.05, 3.63) is 48.0 Å². The number of carbonyl (C=O) groups is 1. The van der Waals surface area contributed by atoms with E-state index in [4.69, 9.17) is 4.74 Å². The zero-order chi connectivity index (χ0) is 20.0. The molecule has 1 aromatic heterocycles. The van der Waals surface area contributed by atoms with E-state index in [0.717, 1.165) is 50.3 Å². The third kappa shape index (κ3) is 6.37. The maximum Gasteiger partial charge on any atom is 0.251 e. The third-order valence-electron chi connectivity index (χ3n) is 4.87. The molecule has 28 heavy (non-hydrogen) atoms. The first-order valence-corrected chi connectivity index (χ1v) is 10.1. The molecule has 2 heterocycles. The quantitative estimate of drug-likeness (QED) is 0.769. The molecule has 0 aliphatic carbocycles. The highest BCUT2D eigenvalue weighted by atomic mass is 16.5. The van der Waals surface area contributed by atoms with Crippen LogP contribution in [-0.2, 0) is 6.42 Å². The number of piperidine rings is 1. The Morgan fingerprint density at radius 1 is 1.32 bits per heavy atom. The van der Waals surface area contributed by atoms with Gasteiger partial charge in [0, 0.05) is 50.1 Å². The van der Waals surface area contributed by atoms with Crippen LogP contribution in [0.1, 0.15) is 49.7 Å². The molecule has 6 heteroatoms. The van der Waals surface area contributed by atoms with E-state index in [1.165, 1.54) is 0 Å². The summed E-state index contributed by atoms with van der Waals surface area (Å²) in [6.07, 6.45) is 6.41. The number of H-pyrrole nitrogens is 1. The number of imidazole rings is 1. The molecule has 1 saturated heterocycles. The standard InChI is InChI=1S/C22H32N4O2/c1-22(2,3)15-26-11-8-19(9-12-26)28-20-6-4-5-17(13-20)21(27)24-10-7-18-14-23-16-25-18/h4-6,13-14,16,19H,7-12,15H2,1-3H3,(H,23,25)(H,24,27). The average molecular weight is 385 g/mol. The number of ether oxygens (including phenoxy) is 1. The molecule has 0 bridgehead atoms. The second-order valence-electron chi connectivity index (χ2n) is 8.76. The summed E-state index contributed by atoms with van der Waals surface area (Å²) in [7, 11) is 0. The molecule has 0 atom stereocenters. The summed E-state index contributed by atoms with van der Waals surface area (Å²) in [5, 5.41) is 2.95. The second kappa shape index (κ2) is 9.24. The maximum absolute atomic E-state index is 12.4. The summed E-state index contributed by atoms with van der Waals surface area (Å²) in [6, 6.07) is 7.48. The number of nitrogens with zero attached hydrogens (tertiary/aromatic N) is 2. The maximum atomic E-state index is 12.4. The summed E-state index contributed by atoms with van der Waals surface area (Å²) in [5.74, 6) is 0.695. The Labute approximate surface area is 167 Å². The average Bonchev–Trinajstić information content (AvgIpc) is 3.16. The predicted molar refractivity (Wildman–Crippen MR) is 111 cm³/mol. The van der Waals surface area contributed by atoms with Crippen LogP contribution < -0.4 is 10.1 Å². The van der Waals surface area contributed by atoms with Gasteiger partial charge >= 0.3 is 0 Å². The molecule has 1 amide bonds. The fourth-order valence-electron chi connectivity index (χ4n) is 3.59. The monoisotopic (exact) mass is 384 g/mol. The van der Waals surface area contributed by atoms with Crippen molar-refractivity contribution in [2.45, 2.75) is 46.1 Å². The molecule has 0 saturated carbocycles. The first-order chi connectivity index (χ1) is 13.4. The Morgan fingerprint density at radius 2 is 2.11 bits per heavy atom. The molecule has 2 aromatic rings. The fraction of sp³-hybridized carbons (Fsp3) is 0.545. The van der Waals surface area contributed by atoms with Gasteiger partial charge in [-0.05, 0) is 36.5 Å². The minimum absolute atomic E-state index is 0.0787. The van der Waals surface area contributed by atoms with Gasteiger partial charge in [0.25, 0.3) is 5.91 Å². The molecule has 152 valence electrons. The van der Waals surface area contributed by atoms with Gasteiger partial charge in [0.15, 0.2) is 0 Å². The molecule has 3 rings (SSSR count). The van der Waals surface area contributed by atoms with Gasteiger partial charge in [0.2, 0.25) is 0 Å². The Kier molecular flexibility index (Phi) is 6.73. The number of hydrogen-bond donors (Lipinski definition) is 2. The summed E-state index contributed by atoms with van der Waals surface area (Å²) in [6.45, 7) is 10.7. The van der Waals surface area contributed by atoms with E-state index in [1.807, 2.05) is 24.3 Å².